The van der Waals surface area contributed by atoms with Gasteiger partial charge in [0.05, 0.1) is 11.8 Å². The van der Waals surface area contributed by atoms with E-state index in [1.807, 2.05) is 0 Å². The second-order valence-electron chi connectivity index (χ2n) is 5.58. The van der Waals surface area contributed by atoms with Crippen LogP contribution in [0.5, 0.6) is 0 Å². The first-order chi connectivity index (χ1) is 10.2. The molecule has 1 aliphatic rings. The van der Waals surface area contributed by atoms with Crippen molar-refractivity contribution < 1.29 is 9.18 Å². The number of hydrogen-bond acceptors (Lipinski definition) is 3. The molecular formula is C16H24FN3O. The molecule has 0 unspecified atom stereocenters. The lowest BCUT2D eigenvalue weighted by Gasteiger charge is -2.34. The van der Waals surface area contributed by atoms with E-state index in [-0.39, 0.29) is 11.5 Å². The molecule has 0 aromatic carbocycles. The highest BCUT2D eigenvalue weighted by Crippen LogP contribution is 2.20. The highest BCUT2D eigenvalue weighted by atomic mass is 19.1. The number of rotatable bonds is 5. The summed E-state index contributed by atoms with van der Waals surface area (Å²) in [7, 11) is 0. The maximum Gasteiger partial charge on any atom is 0.256 e. The summed E-state index contributed by atoms with van der Waals surface area (Å²) in [4.78, 5) is 20.2. The number of amides is 1. The third kappa shape index (κ3) is 4.00. The number of aromatic nitrogens is 1. The summed E-state index contributed by atoms with van der Waals surface area (Å²) in [5.41, 5.74) is 0.132. The maximum atomic E-state index is 13.6. The van der Waals surface area contributed by atoms with Crippen molar-refractivity contribution in [1.82, 2.24) is 14.8 Å². The summed E-state index contributed by atoms with van der Waals surface area (Å²) in [6.07, 6.45) is 4.55. The molecule has 2 heterocycles. The maximum absolute atomic E-state index is 13.6. The molecule has 1 fully saturated rings. The summed E-state index contributed by atoms with van der Waals surface area (Å²) in [5, 5.41) is 0. The van der Waals surface area contributed by atoms with Gasteiger partial charge in [0.2, 0.25) is 0 Å². The van der Waals surface area contributed by atoms with Crippen LogP contribution in [0.1, 0.15) is 37.0 Å². The molecule has 0 saturated carbocycles. The van der Waals surface area contributed by atoms with Gasteiger partial charge in [-0.2, -0.15) is 0 Å². The van der Waals surface area contributed by atoms with Crippen LogP contribution in [0.15, 0.2) is 18.5 Å². The molecule has 0 radical (unpaired) electrons. The zero-order valence-electron chi connectivity index (χ0n) is 12.9. The second-order valence-corrected chi connectivity index (χ2v) is 5.58. The zero-order chi connectivity index (χ0) is 15.2. The number of piperidine rings is 1. The van der Waals surface area contributed by atoms with Gasteiger partial charge in [-0.25, -0.2) is 4.39 Å². The van der Waals surface area contributed by atoms with Crippen LogP contribution in [0.4, 0.5) is 4.39 Å². The monoisotopic (exact) mass is 293 g/mol. The van der Waals surface area contributed by atoms with Crippen LogP contribution >= 0.6 is 0 Å². The molecule has 2 rings (SSSR count). The van der Waals surface area contributed by atoms with Crippen molar-refractivity contribution >= 4 is 5.91 Å². The summed E-state index contributed by atoms with van der Waals surface area (Å²) in [6, 6.07) is 1.46. The van der Waals surface area contributed by atoms with Gasteiger partial charge in [-0.15, -0.1) is 0 Å². The van der Waals surface area contributed by atoms with Crippen molar-refractivity contribution in [2.45, 2.75) is 26.7 Å². The Kier molecular flexibility index (Phi) is 5.67. The first kappa shape index (κ1) is 15.9. The Balaban J connectivity index is 1.89. The normalized spacial score (nSPS) is 16.5. The van der Waals surface area contributed by atoms with E-state index in [1.165, 1.54) is 12.3 Å². The minimum Gasteiger partial charge on any atom is -0.339 e. The molecule has 21 heavy (non-hydrogen) atoms. The molecule has 1 aliphatic heterocycles. The third-order valence-electron chi connectivity index (χ3n) is 4.32. The molecule has 4 nitrogen and oxygen atoms in total. The van der Waals surface area contributed by atoms with Gasteiger partial charge >= 0.3 is 0 Å². The van der Waals surface area contributed by atoms with Crippen molar-refractivity contribution in [3.05, 3.63) is 29.8 Å². The summed E-state index contributed by atoms with van der Waals surface area (Å²) >= 11 is 0. The SMILES string of the molecule is CCN(CC)CC1CCN(C(=O)c2ccncc2F)CC1. The van der Waals surface area contributed by atoms with Crippen molar-refractivity contribution in [1.29, 1.82) is 0 Å². The number of hydrogen-bond donors (Lipinski definition) is 0. The number of carbonyl (C=O) groups excluding carboxylic acids is 1. The molecule has 1 aromatic rings. The van der Waals surface area contributed by atoms with Crippen molar-refractivity contribution in [3.63, 3.8) is 0 Å². The number of likely N-dealkylation sites (tertiary alicyclic amines) is 1. The Bertz CT molecular complexity index is 468. The van der Waals surface area contributed by atoms with Gasteiger partial charge in [-0.3, -0.25) is 9.78 Å². The number of nitrogens with zero attached hydrogens (tertiary/aromatic N) is 3. The third-order valence-corrected chi connectivity index (χ3v) is 4.32. The summed E-state index contributed by atoms with van der Waals surface area (Å²) in [6.45, 7) is 9.01. The van der Waals surface area contributed by atoms with E-state index in [2.05, 4.69) is 23.7 Å². The lowest BCUT2D eigenvalue weighted by atomic mass is 9.95. The predicted molar refractivity (Wildman–Crippen MR) is 80.6 cm³/mol. The van der Waals surface area contributed by atoms with Crippen LogP contribution in [0.2, 0.25) is 0 Å². The van der Waals surface area contributed by atoms with Gasteiger partial charge < -0.3 is 9.80 Å². The molecule has 0 aliphatic carbocycles. The fourth-order valence-corrected chi connectivity index (χ4v) is 2.88. The molecule has 0 spiro atoms. The smallest absolute Gasteiger partial charge is 0.256 e. The number of pyridine rings is 1. The average Bonchev–Trinajstić information content (AvgIpc) is 2.53. The Labute approximate surface area is 126 Å². The topological polar surface area (TPSA) is 36.4 Å². The van der Waals surface area contributed by atoms with E-state index in [9.17, 15) is 9.18 Å². The van der Waals surface area contributed by atoms with Crippen LogP contribution < -0.4 is 0 Å². The van der Waals surface area contributed by atoms with E-state index in [4.69, 9.17) is 0 Å². The van der Waals surface area contributed by atoms with Gasteiger partial charge in [0.25, 0.3) is 5.91 Å². The molecule has 1 amide bonds. The standard InChI is InChI=1S/C16H24FN3O/c1-3-19(4-2)12-13-6-9-20(10-7-13)16(21)14-5-8-18-11-15(14)17/h5,8,11,13H,3-4,6-7,9-10,12H2,1-2H3. The van der Waals surface area contributed by atoms with E-state index in [0.717, 1.165) is 38.7 Å². The Morgan fingerprint density at radius 1 is 1.38 bits per heavy atom. The molecule has 1 aromatic heterocycles. The first-order valence-corrected chi connectivity index (χ1v) is 7.76. The van der Waals surface area contributed by atoms with Gasteiger partial charge in [-0.05, 0) is 37.9 Å². The van der Waals surface area contributed by atoms with Crippen molar-refractivity contribution in [3.8, 4) is 0 Å². The molecule has 5 heteroatoms. The average molecular weight is 293 g/mol. The van der Waals surface area contributed by atoms with E-state index in [0.29, 0.717) is 19.0 Å². The lowest BCUT2D eigenvalue weighted by molar-refractivity contribution is 0.0665. The van der Waals surface area contributed by atoms with Crippen molar-refractivity contribution in [2.75, 3.05) is 32.7 Å². The predicted octanol–water partition coefficient (Wildman–Crippen LogP) is 2.41. The molecular weight excluding hydrogens is 269 g/mol. The Morgan fingerprint density at radius 2 is 2.05 bits per heavy atom. The highest BCUT2D eigenvalue weighted by molar-refractivity contribution is 5.94. The molecule has 0 atom stereocenters. The highest BCUT2D eigenvalue weighted by Gasteiger charge is 2.25. The molecule has 0 N–H and O–H groups in total. The van der Waals surface area contributed by atoms with Gasteiger partial charge in [0, 0.05) is 25.8 Å². The molecule has 0 bridgehead atoms. The van der Waals surface area contributed by atoms with Crippen LogP contribution in [0, 0.1) is 11.7 Å². The van der Waals surface area contributed by atoms with Crippen molar-refractivity contribution in [2.24, 2.45) is 5.92 Å². The Morgan fingerprint density at radius 3 is 2.62 bits per heavy atom. The largest absolute Gasteiger partial charge is 0.339 e. The second kappa shape index (κ2) is 7.50. The van der Waals surface area contributed by atoms with Crippen LogP contribution in [-0.2, 0) is 0 Å². The van der Waals surface area contributed by atoms with Gasteiger partial charge in [-0.1, -0.05) is 13.8 Å². The summed E-state index contributed by atoms with van der Waals surface area (Å²) in [5.74, 6) is -0.111. The number of carbonyl (C=O) groups is 1. The minimum absolute atomic E-state index is 0.132. The lowest BCUT2D eigenvalue weighted by Crippen LogP contribution is -2.41. The van der Waals surface area contributed by atoms with E-state index in [1.54, 1.807) is 4.90 Å². The van der Waals surface area contributed by atoms with E-state index < -0.39 is 5.82 Å². The molecule has 116 valence electrons. The number of halogens is 1. The summed E-state index contributed by atoms with van der Waals surface area (Å²) < 4.78 is 13.6. The molecule has 1 saturated heterocycles. The quantitative estimate of drug-likeness (QED) is 0.836. The van der Waals surface area contributed by atoms with E-state index >= 15 is 0 Å². The fraction of sp³-hybridized carbons (Fsp3) is 0.625. The minimum atomic E-state index is -0.534. The van der Waals surface area contributed by atoms with Crippen LogP contribution in [0.3, 0.4) is 0 Å². The Hall–Kier alpha value is -1.49. The zero-order valence-corrected chi connectivity index (χ0v) is 12.9. The van der Waals surface area contributed by atoms with Crippen LogP contribution in [-0.4, -0.2) is 53.4 Å². The first-order valence-electron chi connectivity index (χ1n) is 7.76. The fourth-order valence-electron chi connectivity index (χ4n) is 2.88. The van der Waals surface area contributed by atoms with Crippen LogP contribution in [0.25, 0.3) is 0 Å². The van der Waals surface area contributed by atoms with Gasteiger partial charge in [0.15, 0.2) is 5.82 Å². The van der Waals surface area contributed by atoms with Gasteiger partial charge in [0.1, 0.15) is 0 Å².